The summed E-state index contributed by atoms with van der Waals surface area (Å²) < 4.78 is 36.8. The fraction of sp³-hybridized carbons (Fsp3) is 0.458. The number of piperazine rings is 1. The van der Waals surface area contributed by atoms with Crippen molar-refractivity contribution >= 4 is 21.6 Å². The molecule has 1 aliphatic heterocycles. The lowest BCUT2D eigenvalue weighted by atomic mass is 10.2. The number of hydrogen-bond acceptors (Lipinski definition) is 7. The smallest absolute Gasteiger partial charge is 0.242 e. The van der Waals surface area contributed by atoms with Crippen LogP contribution in [0, 0.1) is 0 Å². The zero-order valence-electron chi connectivity index (χ0n) is 20.3. The highest BCUT2D eigenvalue weighted by molar-refractivity contribution is 7.89. The van der Waals surface area contributed by atoms with Crippen molar-refractivity contribution in [1.29, 1.82) is 0 Å². The van der Waals surface area contributed by atoms with Gasteiger partial charge < -0.3 is 14.8 Å². The Morgan fingerprint density at radius 1 is 1.03 bits per heavy atom. The van der Waals surface area contributed by atoms with E-state index in [1.807, 2.05) is 19.1 Å². The highest BCUT2D eigenvalue weighted by atomic mass is 32.2. The molecule has 0 bridgehead atoms. The zero-order chi connectivity index (χ0) is 24.7. The van der Waals surface area contributed by atoms with Gasteiger partial charge in [0.05, 0.1) is 30.8 Å². The second-order valence-electron chi connectivity index (χ2n) is 8.33. The molecule has 0 atom stereocenters. The van der Waals surface area contributed by atoms with E-state index in [2.05, 4.69) is 27.2 Å². The Bertz CT molecular complexity index is 1070. The first-order valence-corrected chi connectivity index (χ1v) is 12.7. The van der Waals surface area contributed by atoms with Gasteiger partial charge in [-0.15, -0.1) is 0 Å². The maximum atomic E-state index is 12.7. The van der Waals surface area contributed by atoms with E-state index in [-0.39, 0.29) is 17.3 Å². The van der Waals surface area contributed by atoms with Gasteiger partial charge in [-0.05, 0) is 42.8 Å². The number of nitrogens with one attached hydrogen (secondary N) is 1. The number of carbonyl (C=O) groups excluding carboxylic acids is 1. The van der Waals surface area contributed by atoms with Gasteiger partial charge >= 0.3 is 0 Å². The van der Waals surface area contributed by atoms with Crippen molar-refractivity contribution in [3.63, 3.8) is 0 Å². The van der Waals surface area contributed by atoms with Gasteiger partial charge in [-0.3, -0.25) is 14.6 Å². The van der Waals surface area contributed by atoms with Crippen LogP contribution in [0.1, 0.15) is 12.5 Å². The Labute approximate surface area is 202 Å². The Balaban J connectivity index is 1.53. The highest BCUT2D eigenvalue weighted by Gasteiger charge is 2.22. The van der Waals surface area contributed by atoms with E-state index in [1.165, 1.54) is 38.9 Å². The third-order valence-corrected chi connectivity index (χ3v) is 7.51. The topological polar surface area (TPSA) is 91.4 Å². The summed E-state index contributed by atoms with van der Waals surface area (Å²) in [6, 6.07) is 12.6. The van der Waals surface area contributed by atoms with Gasteiger partial charge in [-0.2, -0.15) is 0 Å². The third kappa shape index (κ3) is 6.69. The van der Waals surface area contributed by atoms with Crippen molar-refractivity contribution in [2.45, 2.75) is 18.4 Å². The largest absolute Gasteiger partial charge is 0.495 e. The van der Waals surface area contributed by atoms with Gasteiger partial charge in [0.1, 0.15) is 11.5 Å². The van der Waals surface area contributed by atoms with Gasteiger partial charge in [0.2, 0.25) is 15.9 Å². The average Bonchev–Trinajstić information content (AvgIpc) is 2.81. The Kier molecular flexibility index (Phi) is 8.90. The maximum Gasteiger partial charge on any atom is 0.242 e. The minimum atomic E-state index is -3.62. The van der Waals surface area contributed by atoms with Crippen molar-refractivity contribution in [3.05, 3.63) is 48.0 Å². The van der Waals surface area contributed by atoms with Crippen LogP contribution in [-0.2, 0) is 21.4 Å². The molecule has 0 unspecified atom stereocenters. The number of hydrogen-bond donors (Lipinski definition) is 1. The highest BCUT2D eigenvalue weighted by Crippen LogP contribution is 2.28. The van der Waals surface area contributed by atoms with Crippen molar-refractivity contribution in [3.8, 4) is 11.5 Å². The Morgan fingerprint density at radius 2 is 1.68 bits per heavy atom. The summed E-state index contributed by atoms with van der Waals surface area (Å²) in [5.41, 5.74) is 1.57. The maximum absolute atomic E-state index is 12.7. The van der Waals surface area contributed by atoms with Crippen LogP contribution in [0.3, 0.4) is 0 Å². The first kappa shape index (κ1) is 26.0. The second-order valence-corrected chi connectivity index (χ2v) is 10.5. The molecule has 0 aliphatic carbocycles. The third-order valence-electron chi connectivity index (χ3n) is 5.70. The van der Waals surface area contributed by atoms with Crippen molar-refractivity contribution < 1.29 is 22.7 Å². The quantitative estimate of drug-likeness (QED) is 0.545. The molecule has 1 aliphatic rings. The minimum Gasteiger partial charge on any atom is -0.495 e. The molecule has 0 aromatic heterocycles. The van der Waals surface area contributed by atoms with Gasteiger partial charge in [-0.25, -0.2) is 12.7 Å². The number of rotatable bonds is 10. The number of carbonyl (C=O) groups is 1. The summed E-state index contributed by atoms with van der Waals surface area (Å²) in [5, 5.41) is 2.81. The van der Waals surface area contributed by atoms with Crippen LogP contribution in [0.4, 0.5) is 5.69 Å². The molecule has 2 aromatic carbocycles. The summed E-state index contributed by atoms with van der Waals surface area (Å²) in [7, 11) is 0.791. The van der Waals surface area contributed by atoms with Gasteiger partial charge in [0.25, 0.3) is 0 Å². The number of amides is 1. The van der Waals surface area contributed by atoms with Crippen LogP contribution >= 0.6 is 0 Å². The van der Waals surface area contributed by atoms with Crippen LogP contribution in [0.25, 0.3) is 0 Å². The van der Waals surface area contributed by atoms with Gasteiger partial charge in [0, 0.05) is 46.8 Å². The van der Waals surface area contributed by atoms with E-state index >= 15 is 0 Å². The van der Waals surface area contributed by atoms with E-state index in [1.54, 1.807) is 6.07 Å². The van der Waals surface area contributed by atoms with Gasteiger partial charge in [-0.1, -0.05) is 12.1 Å². The first-order chi connectivity index (χ1) is 16.2. The zero-order valence-corrected chi connectivity index (χ0v) is 21.1. The molecule has 1 saturated heterocycles. The molecule has 34 heavy (non-hydrogen) atoms. The molecule has 3 rings (SSSR count). The molecule has 2 aromatic rings. The second kappa shape index (κ2) is 11.7. The average molecular weight is 491 g/mol. The molecule has 1 fully saturated rings. The molecule has 1 N–H and O–H groups in total. The molecule has 1 amide bonds. The number of nitrogens with zero attached hydrogens (tertiary/aromatic N) is 3. The van der Waals surface area contributed by atoms with Crippen LogP contribution in [0.15, 0.2) is 47.4 Å². The molecule has 9 nitrogen and oxygen atoms in total. The number of benzene rings is 2. The van der Waals surface area contributed by atoms with Crippen molar-refractivity contribution in [2.24, 2.45) is 0 Å². The molecular weight excluding hydrogens is 456 g/mol. The van der Waals surface area contributed by atoms with Crippen LogP contribution in [0.5, 0.6) is 11.5 Å². The number of ether oxygens (including phenoxy) is 2. The molecule has 0 spiro atoms. The summed E-state index contributed by atoms with van der Waals surface area (Å²) in [4.78, 5) is 17.3. The number of sulfonamides is 1. The van der Waals surface area contributed by atoms with E-state index < -0.39 is 10.0 Å². The lowest BCUT2D eigenvalue weighted by molar-refractivity contribution is -0.117. The molecule has 0 saturated carbocycles. The van der Waals surface area contributed by atoms with E-state index in [9.17, 15) is 13.2 Å². The van der Waals surface area contributed by atoms with Crippen molar-refractivity contribution in [2.75, 3.05) is 65.9 Å². The minimum absolute atomic E-state index is 0.0940. The predicted octanol–water partition coefficient (Wildman–Crippen LogP) is 2.10. The summed E-state index contributed by atoms with van der Waals surface area (Å²) in [6.45, 7) is 6.98. The van der Waals surface area contributed by atoms with E-state index in [4.69, 9.17) is 9.47 Å². The molecule has 186 valence electrons. The number of anilines is 1. The Hall–Kier alpha value is -2.66. The summed E-state index contributed by atoms with van der Waals surface area (Å²) in [6.07, 6.45) is 0. The van der Waals surface area contributed by atoms with Gasteiger partial charge in [0.15, 0.2) is 0 Å². The SMILES string of the molecule is CCOc1ccc(CN2CCN(CC(=O)Nc3cc(S(=O)(=O)N(C)C)ccc3OC)CC2)cc1. The summed E-state index contributed by atoms with van der Waals surface area (Å²) in [5.74, 6) is 1.08. The lowest BCUT2D eigenvalue weighted by Gasteiger charge is -2.34. The Morgan fingerprint density at radius 3 is 2.26 bits per heavy atom. The normalized spacial score (nSPS) is 15.3. The van der Waals surface area contributed by atoms with Crippen molar-refractivity contribution in [1.82, 2.24) is 14.1 Å². The molecule has 0 radical (unpaired) electrons. The molecular formula is C24H34N4O5S. The van der Waals surface area contributed by atoms with E-state index in [0.29, 0.717) is 18.0 Å². The molecule has 1 heterocycles. The van der Waals surface area contributed by atoms with Crippen LogP contribution in [-0.4, -0.2) is 89.0 Å². The predicted molar refractivity (Wildman–Crippen MR) is 132 cm³/mol. The fourth-order valence-corrected chi connectivity index (χ4v) is 4.70. The lowest BCUT2D eigenvalue weighted by Crippen LogP contribution is -2.48. The first-order valence-electron chi connectivity index (χ1n) is 11.3. The molecule has 10 heteroatoms. The monoisotopic (exact) mass is 490 g/mol. The fourth-order valence-electron chi connectivity index (χ4n) is 3.77. The number of methoxy groups -OCH3 is 1. The van der Waals surface area contributed by atoms with E-state index in [0.717, 1.165) is 42.8 Å². The summed E-state index contributed by atoms with van der Waals surface area (Å²) >= 11 is 0. The standard InChI is InChI=1S/C24H34N4O5S/c1-5-33-20-8-6-19(7-9-20)17-27-12-14-28(15-13-27)18-24(29)25-22-16-21(10-11-23(22)32-4)34(30,31)26(2)3/h6-11,16H,5,12-15,17-18H2,1-4H3,(H,25,29). The van der Waals surface area contributed by atoms with Crippen LogP contribution in [0.2, 0.25) is 0 Å². The van der Waals surface area contributed by atoms with Crippen LogP contribution < -0.4 is 14.8 Å².